The van der Waals surface area contributed by atoms with Gasteiger partial charge in [0.2, 0.25) is 0 Å². The van der Waals surface area contributed by atoms with Crippen molar-refractivity contribution >= 4 is 43.0 Å². The second-order valence-electron chi connectivity index (χ2n) is 8.83. The highest BCUT2D eigenvalue weighted by Crippen LogP contribution is 2.23. The van der Waals surface area contributed by atoms with E-state index in [2.05, 4.69) is 14.8 Å². The molecule has 0 unspecified atom stereocenters. The summed E-state index contributed by atoms with van der Waals surface area (Å²) >= 11 is 0. The third-order valence-electron chi connectivity index (χ3n) is 5.97. The van der Waals surface area contributed by atoms with Crippen molar-refractivity contribution in [1.29, 1.82) is 0 Å². The Morgan fingerprint density at radius 1 is 0.579 bits per heavy atom. The Bertz CT molecular complexity index is 1700. The summed E-state index contributed by atoms with van der Waals surface area (Å²) in [6.07, 6.45) is 0. The zero-order valence-electron chi connectivity index (χ0n) is 21.0. The minimum absolute atomic E-state index is 0.0552. The van der Waals surface area contributed by atoms with Crippen LogP contribution in [-0.2, 0) is 20.0 Å². The first-order valence-corrected chi connectivity index (χ1v) is 14.6. The maximum Gasteiger partial charge on any atom is 0.261 e. The lowest BCUT2D eigenvalue weighted by Crippen LogP contribution is -2.16. The van der Waals surface area contributed by atoms with Gasteiger partial charge in [-0.3, -0.25) is 14.2 Å². The van der Waals surface area contributed by atoms with Gasteiger partial charge < -0.3 is 5.32 Å². The van der Waals surface area contributed by atoms with E-state index in [1.165, 1.54) is 48.5 Å². The number of aryl methyl sites for hydroxylation is 3. The first-order chi connectivity index (χ1) is 17.9. The van der Waals surface area contributed by atoms with Crippen molar-refractivity contribution in [2.75, 3.05) is 14.8 Å². The van der Waals surface area contributed by atoms with Crippen LogP contribution in [0.15, 0.2) is 101 Å². The van der Waals surface area contributed by atoms with E-state index in [0.29, 0.717) is 28.2 Å². The standard InChI is InChI=1S/C28H27N3O5S2/c1-19-9-11-24(18-20(19)2)30-37(33,34)26-14-12-23(13-15-26)29-28(32)22-10-16-27(21(3)17-22)31-38(35,36)25-7-5-4-6-8-25/h4-18,30-31H,1-3H3,(H,29,32). The number of sulfonamides is 2. The Kier molecular flexibility index (Phi) is 7.56. The fraction of sp³-hybridized carbons (Fsp3) is 0.107. The number of anilines is 3. The fourth-order valence-electron chi connectivity index (χ4n) is 3.66. The molecule has 4 aromatic rings. The van der Waals surface area contributed by atoms with E-state index >= 15 is 0 Å². The quantitative estimate of drug-likeness (QED) is 0.269. The molecule has 4 aromatic carbocycles. The lowest BCUT2D eigenvalue weighted by atomic mass is 10.1. The van der Waals surface area contributed by atoms with Gasteiger partial charge >= 0.3 is 0 Å². The van der Waals surface area contributed by atoms with Crippen molar-refractivity contribution in [3.05, 3.63) is 113 Å². The van der Waals surface area contributed by atoms with Gasteiger partial charge in [0, 0.05) is 16.9 Å². The van der Waals surface area contributed by atoms with Gasteiger partial charge in [0.1, 0.15) is 0 Å². The van der Waals surface area contributed by atoms with E-state index in [4.69, 9.17) is 0 Å². The zero-order valence-corrected chi connectivity index (χ0v) is 22.7. The summed E-state index contributed by atoms with van der Waals surface area (Å²) in [7, 11) is -7.57. The van der Waals surface area contributed by atoms with Crippen LogP contribution in [0.3, 0.4) is 0 Å². The number of nitrogens with one attached hydrogen (secondary N) is 3. The molecule has 10 heteroatoms. The van der Waals surface area contributed by atoms with Crippen molar-refractivity contribution in [1.82, 2.24) is 0 Å². The van der Waals surface area contributed by atoms with Gasteiger partial charge in [0.25, 0.3) is 26.0 Å². The summed E-state index contributed by atoms with van der Waals surface area (Å²) in [5.41, 5.74) is 4.15. The van der Waals surface area contributed by atoms with Gasteiger partial charge in [0.15, 0.2) is 0 Å². The van der Waals surface area contributed by atoms with Crippen molar-refractivity contribution in [2.45, 2.75) is 30.6 Å². The molecule has 0 aliphatic heterocycles. The van der Waals surface area contributed by atoms with Gasteiger partial charge in [-0.15, -0.1) is 0 Å². The van der Waals surface area contributed by atoms with Gasteiger partial charge in [-0.25, -0.2) is 16.8 Å². The zero-order chi connectivity index (χ0) is 27.5. The summed E-state index contributed by atoms with van der Waals surface area (Å²) < 4.78 is 55.8. The molecule has 0 atom stereocenters. The first-order valence-electron chi connectivity index (χ1n) is 11.6. The van der Waals surface area contributed by atoms with Gasteiger partial charge in [-0.2, -0.15) is 0 Å². The van der Waals surface area contributed by atoms with Crippen LogP contribution in [0.2, 0.25) is 0 Å². The molecule has 196 valence electrons. The molecule has 0 fully saturated rings. The topological polar surface area (TPSA) is 121 Å². The van der Waals surface area contributed by atoms with E-state index in [1.807, 2.05) is 19.9 Å². The van der Waals surface area contributed by atoms with Crippen LogP contribution in [0, 0.1) is 20.8 Å². The third kappa shape index (κ3) is 6.21. The molecule has 1 amide bonds. The molecule has 4 rings (SSSR count). The van der Waals surface area contributed by atoms with Crippen molar-refractivity contribution < 1.29 is 21.6 Å². The van der Waals surface area contributed by atoms with E-state index in [1.54, 1.807) is 43.3 Å². The lowest BCUT2D eigenvalue weighted by Gasteiger charge is -2.13. The predicted molar refractivity (Wildman–Crippen MR) is 150 cm³/mol. The van der Waals surface area contributed by atoms with Crippen molar-refractivity contribution in [2.24, 2.45) is 0 Å². The fourth-order valence-corrected chi connectivity index (χ4v) is 5.86. The minimum atomic E-state index is -3.80. The summed E-state index contributed by atoms with van der Waals surface area (Å²) in [5.74, 6) is -0.422. The number of carbonyl (C=O) groups is 1. The van der Waals surface area contributed by atoms with Crippen LogP contribution >= 0.6 is 0 Å². The van der Waals surface area contributed by atoms with Crippen LogP contribution in [0.4, 0.5) is 17.1 Å². The first kappa shape index (κ1) is 26.9. The summed E-state index contributed by atoms with van der Waals surface area (Å²) in [5, 5.41) is 2.73. The molecule has 0 bridgehead atoms. The smallest absolute Gasteiger partial charge is 0.261 e. The van der Waals surface area contributed by atoms with Crippen molar-refractivity contribution in [3.63, 3.8) is 0 Å². The number of hydrogen-bond acceptors (Lipinski definition) is 5. The molecule has 0 saturated carbocycles. The maximum absolute atomic E-state index is 12.8. The second-order valence-corrected chi connectivity index (χ2v) is 12.2. The molecular formula is C28H27N3O5S2. The van der Waals surface area contributed by atoms with Crippen LogP contribution < -0.4 is 14.8 Å². The van der Waals surface area contributed by atoms with Crippen LogP contribution in [0.5, 0.6) is 0 Å². The number of benzene rings is 4. The maximum atomic E-state index is 12.8. The highest BCUT2D eigenvalue weighted by atomic mass is 32.2. The van der Waals surface area contributed by atoms with E-state index in [9.17, 15) is 21.6 Å². The summed E-state index contributed by atoms with van der Waals surface area (Å²) in [4.78, 5) is 13.0. The van der Waals surface area contributed by atoms with Gasteiger partial charge in [0.05, 0.1) is 15.5 Å². The number of hydrogen-bond donors (Lipinski definition) is 3. The Labute approximate surface area is 222 Å². The number of rotatable bonds is 8. The second kappa shape index (κ2) is 10.7. The molecule has 0 saturated heterocycles. The Morgan fingerprint density at radius 2 is 1.18 bits per heavy atom. The monoisotopic (exact) mass is 549 g/mol. The average molecular weight is 550 g/mol. The molecule has 0 aliphatic carbocycles. The van der Waals surface area contributed by atoms with Crippen LogP contribution in [-0.4, -0.2) is 22.7 Å². The lowest BCUT2D eigenvalue weighted by molar-refractivity contribution is 0.102. The molecule has 38 heavy (non-hydrogen) atoms. The highest BCUT2D eigenvalue weighted by molar-refractivity contribution is 7.93. The normalized spacial score (nSPS) is 11.6. The molecule has 0 aliphatic rings. The number of amides is 1. The average Bonchev–Trinajstić information content (AvgIpc) is 2.88. The molecule has 3 N–H and O–H groups in total. The van der Waals surface area contributed by atoms with Gasteiger partial charge in [-0.1, -0.05) is 24.3 Å². The molecular weight excluding hydrogens is 522 g/mol. The highest BCUT2D eigenvalue weighted by Gasteiger charge is 2.17. The van der Waals surface area contributed by atoms with Crippen LogP contribution in [0.1, 0.15) is 27.0 Å². The molecule has 0 radical (unpaired) electrons. The van der Waals surface area contributed by atoms with Gasteiger partial charge in [-0.05, 0) is 104 Å². The van der Waals surface area contributed by atoms with E-state index in [0.717, 1.165) is 11.1 Å². The Balaban J connectivity index is 1.44. The SMILES string of the molecule is Cc1ccc(NS(=O)(=O)c2ccc(NC(=O)c3ccc(NS(=O)(=O)c4ccccc4)c(C)c3)cc2)cc1C. The van der Waals surface area contributed by atoms with Crippen LogP contribution in [0.25, 0.3) is 0 Å². The van der Waals surface area contributed by atoms with Crippen molar-refractivity contribution in [3.8, 4) is 0 Å². The predicted octanol–water partition coefficient (Wildman–Crippen LogP) is 5.47. The van der Waals surface area contributed by atoms with E-state index in [-0.39, 0.29) is 9.79 Å². The third-order valence-corrected chi connectivity index (χ3v) is 8.75. The molecule has 0 aromatic heterocycles. The molecule has 0 heterocycles. The largest absolute Gasteiger partial charge is 0.322 e. The molecule has 8 nitrogen and oxygen atoms in total. The number of carbonyl (C=O) groups excluding carboxylic acids is 1. The Hall–Kier alpha value is -4.15. The minimum Gasteiger partial charge on any atom is -0.322 e. The Morgan fingerprint density at radius 3 is 1.82 bits per heavy atom. The molecule has 0 spiro atoms. The summed E-state index contributed by atoms with van der Waals surface area (Å²) in [6, 6.07) is 23.7. The summed E-state index contributed by atoms with van der Waals surface area (Å²) in [6.45, 7) is 5.55. The van der Waals surface area contributed by atoms with E-state index < -0.39 is 26.0 Å².